The zero-order valence-corrected chi connectivity index (χ0v) is 14.4. The zero-order valence-electron chi connectivity index (χ0n) is 12.7. The van der Waals surface area contributed by atoms with Crippen LogP contribution in [0.3, 0.4) is 0 Å². The Balaban J connectivity index is 2.03. The molecule has 2 heterocycles. The van der Waals surface area contributed by atoms with Crippen LogP contribution in [0.15, 0.2) is 12.7 Å². The lowest BCUT2D eigenvalue weighted by molar-refractivity contribution is 0.0890. The van der Waals surface area contributed by atoms with Gasteiger partial charge in [0.15, 0.2) is 11.5 Å². The molecule has 21 heavy (non-hydrogen) atoms. The standard InChI is InChI=1S/C13H22N5OPS/c1-4-20(21,5-2)9-19-10(3)6-18-8-17-11-12(14)15-7-16-13(11)18/h7-8,10H,4-6,9H2,1-3H3,(H2,14,15,16)/t10-/m1/s1. The lowest BCUT2D eigenvalue weighted by Gasteiger charge is -2.21. The van der Waals surface area contributed by atoms with Gasteiger partial charge in [-0.3, -0.25) is 0 Å². The molecule has 0 radical (unpaired) electrons. The summed E-state index contributed by atoms with van der Waals surface area (Å²) >= 11 is 5.69. The Morgan fingerprint density at radius 1 is 1.33 bits per heavy atom. The van der Waals surface area contributed by atoms with Crippen LogP contribution < -0.4 is 5.73 Å². The molecule has 0 aliphatic rings. The summed E-state index contributed by atoms with van der Waals surface area (Å²) in [7, 11) is 0. The van der Waals surface area contributed by atoms with E-state index in [1.807, 2.05) is 11.5 Å². The van der Waals surface area contributed by atoms with Crippen molar-refractivity contribution in [3.05, 3.63) is 12.7 Å². The molecule has 0 saturated carbocycles. The van der Waals surface area contributed by atoms with E-state index in [0.717, 1.165) is 18.0 Å². The van der Waals surface area contributed by atoms with Gasteiger partial charge in [-0.1, -0.05) is 25.7 Å². The van der Waals surface area contributed by atoms with Gasteiger partial charge >= 0.3 is 0 Å². The maximum Gasteiger partial charge on any atom is 0.165 e. The molecule has 0 spiro atoms. The van der Waals surface area contributed by atoms with Crippen LogP contribution in [0.1, 0.15) is 20.8 Å². The van der Waals surface area contributed by atoms with Gasteiger partial charge < -0.3 is 15.0 Å². The van der Waals surface area contributed by atoms with Crippen molar-refractivity contribution in [2.24, 2.45) is 0 Å². The molecule has 8 heteroatoms. The average Bonchev–Trinajstić information content (AvgIpc) is 2.89. The van der Waals surface area contributed by atoms with Crippen molar-refractivity contribution < 1.29 is 4.74 Å². The zero-order chi connectivity index (χ0) is 15.5. The summed E-state index contributed by atoms with van der Waals surface area (Å²) in [5.41, 5.74) is 7.16. The summed E-state index contributed by atoms with van der Waals surface area (Å²) in [6.45, 7) is 7.03. The van der Waals surface area contributed by atoms with Gasteiger partial charge in [-0.05, 0) is 25.3 Å². The Morgan fingerprint density at radius 3 is 2.71 bits per heavy atom. The van der Waals surface area contributed by atoms with E-state index < -0.39 is 6.04 Å². The van der Waals surface area contributed by atoms with Crippen molar-refractivity contribution >= 4 is 34.8 Å². The highest BCUT2D eigenvalue weighted by molar-refractivity contribution is 8.14. The molecule has 0 aliphatic heterocycles. The predicted octanol–water partition coefficient (Wildman–Crippen LogP) is 2.29. The molecule has 6 nitrogen and oxygen atoms in total. The third-order valence-corrected chi connectivity index (χ3v) is 8.42. The number of ether oxygens (including phenoxy) is 1. The molecule has 0 unspecified atom stereocenters. The van der Waals surface area contributed by atoms with E-state index in [-0.39, 0.29) is 6.10 Å². The highest BCUT2D eigenvalue weighted by atomic mass is 32.4. The van der Waals surface area contributed by atoms with Crippen LogP contribution in [0.2, 0.25) is 0 Å². The first-order valence-corrected chi connectivity index (χ1v) is 10.4. The molecule has 0 saturated heterocycles. The minimum absolute atomic E-state index is 0.0546. The van der Waals surface area contributed by atoms with Gasteiger partial charge in [0.2, 0.25) is 0 Å². The van der Waals surface area contributed by atoms with E-state index in [0.29, 0.717) is 24.2 Å². The van der Waals surface area contributed by atoms with Gasteiger partial charge in [0.25, 0.3) is 0 Å². The number of nitrogens with two attached hydrogens (primary N) is 1. The Hall–Kier alpha value is -1.04. The van der Waals surface area contributed by atoms with Crippen LogP contribution in [-0.4, -0.2) is 44.3 Å². The van der Waals surface area contributed by atoms with E-state index in [2.05, 4.69) is 28.8 Å². The molecular formula is C13H22N5OPS. The third-order valence-electron chi connectivity index (χ3n) is 3.63. The first-order valence-electron chi connectivity index (χ1n) is 7.09. The SMILES string of the molecule is CCP(=S)(CC)CO[C@H](C)Cn1cnc2c(N)ncnc21. The first kappa shape index (κ1) is 16.3. The minimum Gasteiger partial charge on any atom is -0.382 e. The predicted molar refractivity (Wildman–Crippen MR) is 90.5 cm³/mol. The van der Waals surface area contributed by atoms with E-state index in [1.54, 1.807) is 6.33 Å². The molecule has 2 aromatic rings. The number of nitrogens with zero attached hydrogens (tertiary/aromatic N) is 4. The highest BCUT2D eigenvalue weighted by Crippen LogP contribution is 2.45. The van der Waals surface area contributed by atoms with Gasteiger partial charge in [-0.2, -0.15) is 0 Å². The topological polar surface area (TPSA) is 78.9 Å². The summed E-state index contributed by atoms with van der Waals surface area (Å²) in [5, 5.41) is 0. The summed E-state index contributed by atoms with van der Waals surface area (Å²) in [4.78, 5) is 12.4. The molecule has 0 aromatic carbocycles. The maximum absolute atomic E-state index is 5.96. The molecule has 0 fully saturated rings. The lowest BCUT2D eigenvalue weighted by atomic mass is 10.4. The van der Waals surface area contributed by atoms with Gasteiger partial charge in [0.1, 0.15) is 11.8 Å². The molecule has 0 bridgehead atoms. The van der Waals surface area contributed by atoms with Gasteiger partial charge in [-0.15, -0.1) is 0 Å². The minimum atomic E-state index is -1.34. The quantitative estimate of drug-likeness (QED) is 0.786. The first-order chi connectivity index (χ1) is 9.99. The van der Waals surface area contributed by atoms with E-state index in [9.17, 15) is 0 Å². The van der Waals surface area contributed by atoms with Crippen molar-refractivity contribution in [2.45, 2.75) is 33.4 Å². The van der Waals surface area contributed by atoms with Gasteiger partial charge in [0, 0.05) is 0 Å². The van der Waals surface area contributed by atoms with Crippen LogP contribution in [0, 0.1) is 0 Å². The van der Waals surface area contributed by atoms with Crippen LogP contribution in [0.4, 0.5) is 5.82 Å². The summed E-state index contributed by atoms with van der Waals surface area (Å²) < 4.78 is 7.91. The molecule has 116 valence electrons. The number of imidazole rings is 1. The number of hydrogen-bond acceptors (Lipinski definition) is 6. The monoisotopic (exact) mass is 327 g/mol. The fraction of sp³-hybridized carbons (Fsp3) is 0.615. The van der Waals surface area contributed by atoms with E-state index in [1.165, 1.54) is 6.33 Å². The van der Waals surface area contributed by atoms with Crippen LogP contribution in [-0.2, 0) is 23.1 Å². The van der Waals surface area contributed by atoms with Gasteiger partial charge in [0.05, 0.1) is 25.3 Å². The van der Waals surface area contributed by atoms with Crippen LogP contribution in [0.25, 0.3) is 11.2 Å². The normalized spacial score (nSPS) is 13.7. The average molecular weight is 327 g/mol. The fourth-order valence-electron chi connectivity index (χ4n) is 2.03. The second-order valence-electron chi connectivity index (χ2n) is 5.13. The van der Waals surface area contributed by atoms with Crippen molar-refractivity contribution in [2.75, 3.05) is 24.4 Å². The molecule has 2 rings (SSSR count). The van der Waals surface area contributed by atoms with E-state index in [4.69, 9.17) is 22.3 Å². The Morgan fingerprint density at radius 2 is 2.05 bits per heavy atom. The maximum atomic E-state index is 5.96. The highest BCUT2D eigenvalue weighted by Gasteiger charge is 2.16. The summed E-state index contributed by atoms with van der Waals surface area (Å²) in [6, 6.07) is -1.34. The van der Waals surface area contributed by atoms with Crippen molar-refractivity contribution in [3.63, 3.8) is 0 Å². The smallest absolute Gasteiger partial charge is 0.165 e. The van der Waals surface area contributed by atoms with Crippen LogP contribution in [0.5, 0.6) is 0 Å². The number of fused-ring (bicyclic) bond motifs is 1. The fourth-order valence-corrected chi connectivity index (χ4v) is 3.55. The molecule has 2 N–H and O–H groups in total. The molecule has 2 aromatic heterocycles. The van der Waals surface area contributed by atoms with Gasteiger partial charge in [-0.25, -0.2) is 15.0 Å². The van der Waals surface area contributed by atoms with Crippen molar-refractivity contribution in [3.8, 4) is 0 Å². The number of nitrogen functional groups attached to an aromatic ring is 1. The van der Waals surface area contributed by atoms with Crippen LogP contribution >= 0.6 is 6.04 Å². The Bertz CT molecular complexity index is 651. The number of rotatable bonds is 7. The molecule has 1 atom stereocenters. The molecule has 0 aliphatic carbocycles. The lowest BCUT2D eigenvalue weighted by Crippen LogP contribution is -2.17. The molecule has 0 amide bonds. The van der Waals surface area contributed by atoms with E-state index >= 15 is 0 Å². The summed E-state index contributed by atoms with van der Waals surface area (Å²) in [5.74, 6) is 0.403. The summed E-state index contributed by atoms with van der Waals surface area (Å²) in [6.07, 6.45) is 6.02. The third kappa shape index (κ3) is 3.78. The number of hydrogen-bond donors (Lipinski definition) is 1. The Labute approximate surface area is 130 Å². The van der Waals surface area contributed by atoms with Crippen molar-refractivity contribution in [1.82, 2.24) is 19.5 Å². The largest absolute Gasteiger partial charge is 0.382 e. The number of aromatic nitrogens is 4. The number of anilines is 1. The molecular weight excluding hydrogens is 305 g/mol. The second-order valence-corrected chi connectivity index (χ2v) is 11.1. The Kier molecular flexibility index (Phi) is 5.30. The van der Waals surface area contributed by atoms with Crippen molar-refractivity contribution in [1.29, 1.82) is 0 Å². The second kappa shape index (κ2) is 6.81.